The molecule has 1 heterocycles. The normalized spacial score (nSPS) is 18.4. The average molecular weight is 468 g/mol. The number of carbonyl (C=O) groups is 1. The fraction of sp³-hybridized carbons (Fsp3) is 0.407. The third-order valence-electron chi connectivity index (χ3n) is 6.60. The van der Waals surface area contributed by atoms with Gasteiger partial charge in [-0.2, -0.15) is 0 Å². The maximum atomic E-state index is 14.0. The molecule has 0 amide bonds. The van der Waals surface area contributed by atoms with Gasteiger partial charge in [0.2, 0.25) is 0 Å². The molecule has 0 unspecified atom stereocenters. The predicted molar refractivity (Wildman–Crippen MR) is 131 cm³/mol. The molecule has 2 aromatic carbocycles. The highest BCUT2D eigenvalue weighted by atomic mass is 19.1. The second-order valence-electron chi connectivity index (χ2n) is 9.57. The number of halogens is 2. The molecule has 0 saturated heterocycles. The molecule has 0 spiro atoms. The van der Waals surface area contributed by atoms with Gasteiger partial charge in [-0.05, 0) is 74.0 Å². The van der Waals surface area contributed by atoms with E-state index < -0.39 is 17.4 Å². The molecule has 1 aliphatic rings. The summed E-state index contributed by atoms with van der Waals surface area (Å²) >= 11 is 0. The molecule has 3 N–H and O–H groups in total. The van der Waals surface area contributed by atoms with E-state index in [1.807, 2.05) is 20.9 Å². The number of aromatic hydroxyl groups is 1. The summed E-state index contributed by atoms with van der Waals surface area (Å²) in [5.41, 5.74) is 2.83. The molecule has 1 fully saturated rings. The minimum Gasteiger partial charge on any atom is -0.503 e. The van der Waals surface area contributed by atoms with E-state index >= 15 is 0 Å². The number of pyridine rings is 1. The van der Waals surface area contributed by atoms with E-state index in [0.717, 1.165) is 48.9 Å². The summed E-state index contributed by atoms with van der Waals surface area (Å²) < 4.78 is 28.0. The van der Waals surface area contributed by atoms with Crippen molar-refractivity contribution in [2.24, 2.45) is 5.92 Å². The van der Waals surface area contributed by atoms with Crippen LogP contribution in [0.5, 0.6) is 5.75 Å². The number of nitrogens with one attached hydrogen (secondary N) is 2. The van der Waals surface area contributed by atoms with E-state index in [1.165, 1.54) is 0 Å². The fourth-order valence-corrected chi connectivity index (χ4v) is 4.68. The lowest BCUT2D eigenvalue weighted by Crippen LogP contribution is -2.35. The number of aromatic nitrogens is 1. The van der Waals surface area contributed by atoms with Gasteiger partial charge in [-0.3, -0.25) is 9.78 Å². The van der Waals surface area contributed by atoms with E-state index in [9.17, 15) is 18.7 Å². The smallest absolute Gasteiger partial charge is 0.187 e. The van der Waals surface area contributed by atoms with Gasteiger partial charge < -0.3 is 15.7 Å². The van der Waals surface area contributed by atoms with Crippen LogP contribution in [-0.2, 0) is 0 Å². The Balaban J connectivity index is 1.80. The molecule has 3 aromatic rings. The molecule has 0 aliphatic heterocycles. The van der Waals surface area contributed by atoms with Crippen molar-refractivity contribution in [1.82, 2.24) is 10.3 Å². The minimum atomic E-state index is -1.02. The molecule has 0 radical (unpaired) electrons. The minimum absolute atomic E-state index is 0.0166. The quantitative estimate of drug-likeness (QED) is 0.369. The van der Waals surface area contributed by atoms with Crippen LogP contribution >= 0.6 is 0 Å². The molecule has 0 atom stereocenters. The highest BCUT2D eigenvalue weighted by molar-refractivity contribution is 6.08. The Morgan fingerprint density at radius 2 is 1.71 bits per heavy atom. The van der Waals surface area contributed by atoms with Gasteiger partial charge in [0.05, 0.1) is 16.8 Å². The molecule has 4 rings (SSSR count). The van der Waals surface area contributed by atoms with Crippen molar-refractivity contribution >= 4 is 22.4 Å². The van der Waals surface area contributed by atoms with Gasteiger partial charge in [-0.25, -0.2) is 8.78 Å². The van der Waals surface area contributed by atoms with Gasteiger partial charge in [0, 0.05) is 30.1 Å². The van der Waals surface area contributed by atoms with Gasteiger partial charge in [0.15, 0.2) is 23.2 Å². The number of nitrogens with zero attached hydrogens (tertiary/aromatic N) is 1. The second kappa shape index (κ2) is 10.1. The first-order chi connectivity index (χ1) is 16.3. The Kier molecular flexibility index (Phi) is 7.12. The van der Waals surface area contributed by atoms with Crippen LogP contribution in [0.4, 0.5) is 14.5 Å². The van der Waals surface area contributed by atoms with Gasteiger partial charge in [-0.1, -0.05) is 19.9 Å². The maximum Gasteiger partial charge on any atom is 0.187 e. The first kappa shape index (κ1) is 24.1. The molecule has 5 nitrogen and oxygen atoms in total. The van der Waals surface area contributed by atoms with E-state index in [4.69, 9.17) is 0 Å². The lowest BCUT2D eigenvalue weighted by atomic mass is 9.90. The number of phenols is 1. The Hall–Kier alpha value is -3.06. The molecular formula is C27H31F2N3O2. The summed E-state index contributed by atoms with van der Waals surface area (Å²) in [7, 11) is 1.98. The Labute approximate surface area is 198 Å². The third-order valence-corrected chi connectivity index (χ3v) is 6.60. The first-order valence-electron chi connectivity index (χ1n) is 11.8. The van der Waals surface area contributed by atoms with E-state index in [-0.39, 0.29) is 17.7 Å². The molecule has 180 valence electrons. The predicted octanol–water partition coefficient (Wildman–Crippen LogP) is 6.06. The van der Waals surface area contributed by atoms with Crippen LogP contribution in [0, 0.1) is 17.6 Å². The zero-order chi connectivity index (χ0) is 24.4. The molecule has 1 saturated carbocycles. The van der Waals surface area contributed by atoms with Crippen molar-refractivity contribution in [2.45, 2.75) is 58.0 Å². The van der Waals surface area contributed by atoms with Crippen LogP contribution in [0.1, 0.15) is 56.3 Å². The summed E-state index contributed by atoms with van der Waals surface area (Å²) in [6.07, 6.45) is 6.08. The molecular weight excluding hydrogens is 436 g/mol. The molecule has 1 aromatic heterocycles. The Bertz CT molecular complexity index is 1180. The van der Waals surface area contributed by atoms with E-state index in [0.29, 0.717) is 34.7 Å². The number of benzene rings is 2. The number of Topliss-reactive ketones (excluding diaryl/α,β-unsaturated/α-hetero) is 1. The Morgan fingerprint density at radius 1 is 1.06 bits per heavy atom. The van der Waals surface area contributed by atoms with Crippen LogP contribution in [0.2, 0.25) is 0 Å². The number of fused-ring (bicyclic) bond motifs is 1. The van der Waals surface area contributed by atoms with E-state index in [1.54, 1.807) is 24.4 Å². The standard InChI is InChI=1S/C27H31F2N3O2/c1-15(2)10-25(33)21-14-31-24-9-4-16(17-12-22(28)27(34)23(29)13-17)11-20(24)26(21)32-19-7-5-18(30-3)6-8-19/h4,9,11-15,18-19,30,34H,5-8,10H2,1-3H3,(H,31,32). The van der Waals surface area contributed by atoms with Crippen molar-refractivity contribution in [3.8, 4) is 16.9 Å². The lowest BCUT2D eigenvalue weighted by Gasteiger charge is -2.30. The highest BCUT2D eigenvalue weighted by Gasteiger charge is 2.24. The maximum absolute atomic E-state index is 14.0. The van der Waals surface area contributed by atoms with Crippen LogP contribution in [-0.4, -0.2) is 35.0 Å². The van der Waals surface area contributed by atoms with Gasteiger partial charge in [0.25, 0.3) is 0 Å². The number of phenolic OH excluding ortho intramolecular Hbond substituents is 1. The van der Waals surface area contributed by atoms with Crippen molar-refractivity contribution in [2.75, 3.05) is 12.4 Å². The average Bonchev–Trinajstić information content (AvgIpc) is 2.82. The summed E-state index contributed by atoms with van der Waals surface area (Å²) in [6.45, 7) is 4.01. The van der Waals surface area contributed by atoms with Crippen LogP contribution in [0.15, 0.2) is 36.5 Å². The zero-order valence-electron chi connectivity index (χ0n) is 19.8. The molecule has 0 bridgehead atoms. The van der Waals surface area contributed by atoms with Gasteiger partial charge >= 0.3 is 0 Å². The number of ketones is 1. The first-order valence-corrected chi connectivity index (χ1v) is 11.8. The van der Waals surface area contributed by atoms with Gasteiger partial charge in [0.1, 0.15) is 0 Å². The SMILES string of the molecule is CNC1CCC(Nc2c(C(=O)CC(C)C)cnc3ccc(-c4cc(F)c(O)c(F)c4)cc23)CC1. The van der Waals surface area contributed by atoms with Crippen molar-refractivity contribution in [3.63, 3.8) is 0 Å². The number of carbonyl (C=O) groups excluding carboxylic acids is 1. The van der Waals surface area contributed by atoms with E-state index in [2.05, 4.69) is 15.6 Å². The van der Waals surface area contributed by atoms with Gasteiger partial charge in [-0.15, -0.1) is 0 Å². The monoisotopic (exact) mass is 467 g/mol. The van der Waals surface area contributed by atoms with Crippen molar-refractivity contribution in [3.05, 3.63) is 53.7 Å². The summed E-state index contributed by atoms with van der Waals surface area (Å²) in [6, 6.07) is 8.25. The zero-order valence-corrected chi connectivity index (χ0v) is 19.8. The molecule has 1 aliphatic carbocycles. The third kappa shape index (κ3) is 5.04. The summed E-state index contributed by atoms with van der Waals surface area (Å²) in [5, 5.41) is 17.2. The molecule has 7 heteroatoms. The number of hydrogen-bond acceptors (Lipinski definition) is 5. The highest BCUT2D eigenvalue weighted by Crippen LogP contribution is 2.35. The Morgan fingerprint density at radius 3 is 2.32 bits per heavy atom. The van der Waals surface area contributed by atoms with Crippen LogP contribution < -0.4 is 10.6 Å². The van der Waals surface area contributed by atoms with Crippen molar-refractivity contribution in [1.29, 1.82) is 0 Å². The summed E-state index contributed by atoms with van der Waals surface area (Å²) in [4.78, 5) is 17.6. The number of anilines is 1. The summed E-state index contributed by atoms with van der Waals surface area (Å²) in [5.74, 6) is -2.81. The van der Waals surface area contributed by atoms with Crippen LogP contribution in [0.25, 0.3) is 22.0 Å². The second-order valence-corrected chi connectivity index (χ2v) is 9.57. The largest absolute Gasteiger partial charge is 0.503 e. The lowest BCUT2D eigenvalue weighted by molar-refractivity contribution is 0.0968. The molecule has 34 heavy (non-hydrogen) atoms. The fourth-order valence-electron chi connectivity index (χ4n) is 4.68. The number of rotatable bonds is 7. The van der Waals surface area contributed by atoms with Crippen molar-refractivity contribution < 1.29 is 18.7 Å². The number of hydrogen-bond donors (Lipinski definition) is 3. The van der Waals surface area contributed by atoms with Crippen LogP contribution in [0.3, 0.4) is 0 Å². The topological polar surface area (TPSA) is 74.2 Å².